The summed E-state index contributed by atoms with van der Waals surface area (Å²) in [6, 6.07) is 18.0. The zero-order chi connectivity index (χ0) is 38.6. The van der Waals surface area contributed by atoms with Gasteiger partial charge in [0, 0.05) is 19.4 Å². The second kappa shape index (κ2) is 18.6. The van der Waals surface area contributed by atoms with E-state index in [4.69, 9.17) is 9.47 Å². The van der Waals surface area contributed by atoms with Gasteiger partial charge in [0.2, 0.25) is 11.8 Å². The molecule has 3 N–H and O–H groups in total. The highest BCUT2D eigenvalue weighted by Gasteiger charge is 2.38. The third-order valence-corrected chi connectivity index (χ3v) is 8.35. The van der Waals surface area contributed by atoms with E-state index in [1.165, 1.54) is 17.0 Å². The molecule has 0 aliphatic carbocycles. The molecule has 0 saturated carbocycles. The van der Waals surface area contributed by atoms with Gasteiger partial charge in [0.1, 0.15) is 35.1 Å². The molecule has 52 heavy (non-hydrogen) atoms. The van der Waals surface area contributed by atoms with Crippen LogP contribution in [0.4, 0.5) is 4.79 Å². The van der Waals surface area contributed by atoms with Crippen molar-refractivity contribution in [2.75, 3.05) is 6.54 Å². The minimum absolute atomic E-state index is 0.0643. The lowest BCUT2D eigenvalue weighted by Gasteiger charge is -2.35. The number of hydrogen-bond donors (Lipinski definition) is 3. The normalized spacial score (nSPS) is 13.3. The van der Waals surface area contributed by atoms with Crippen LogP contribution in [-0.2, 0) is 36.7 Å². The summed E-state index contributed by atoms with van der Waals surface area (Å²) in [6.07, 6.45) is 1.72. The molecule has 0 aliphatic heterocycles. The second-order valence-electron chi connectivity index (χ2n) is 15.3. The van der Waals surface area contributed by atoms with Crippen molar-refractivity contribution >= 4 is 23.9 Å². The third kappa shape index (κ3) is 13.4. The molecule has 0 saturated heterocycles. The summed E-state index contributed by atoms with van der Waals surface area (Å²) < 4.78 is 11.3. The summed E-state index contributed by atoms with van der Waals surface area (Å²) in [4.78, 5) is 58.0. The lowest BCUT2D eigenvalue weighted by atomic mass is 9.96. The van der Waals surface area contributed by atoms with Gasteiger partial charge < -0.3 is 30.1 Å². The highest BCUT2D eigenvalue weighted by atomic mass is 16.6. The number of benzene rings is 3. The van der Waals surface area contributed by atoms with E-state index in [0.29, 0.717) is 17.5 Å². The lowest BCUT2D eigenvalue weighted by molar-refractivity contribution is -0.159. The Kier molecular flexibility index (Phi) is 14.8. The molecular formula is C42H57N3O7. The number of phenols is 1. The van der Waals surface area contributed by atoms with Crippen molar-refractivity contribution in [3.63, 3.8) is 0 Å². The minimum Gasteiger partial charge on any atom is -0.508 e. The number of aryl methyl sites for hydroxylation is 2. The number of carbonyl (C=O) groups is 4. The van der Waals surface area contributed by atoms with Gasteiger partial charge in [0.05, 0.1) is 0 Å². The maximum absolute atomic E-state index is 14.9. The van der Waals surface area contributed by atoms with E-state index in [0.717, 1.165) is 29.5 Å². The number of amides is 3. The Hall–Kier alpha value is -4.86. The quantitative estimate of drug-likeness (QED) is 0.111. The van der Waals surface area contributed by atoms with Crippen LogP contribution in [0.2, 0.25) is 0 Å². The summed E-state index contributed by atoms with van der Waals surface area (Å²) in [5.74, 6) is -1.58. The molecule has 0 heterocycles. The molecule has 0 aliphatic rings. The van der Waals surface area contributed by atoms with Crippen LogP contribution < -0.4 is 10.6 Å². The van der Waals surface area contributed by atoms with E-state index in [2.05, 4.69) is 10.6 Å². The second-order valence-corrected chi connectivity index (χ2v) is 15.3. The average Bonchev–Trinajstić information content (AvgIpc) is 3.04. The predicted octanol–water partition coefficient (Wildman–Crippen LogP) is 7.27. The first-order valence-corrected chi connectivity index (χ1v) is 18.1. The van der Waals surface area contributed by atoms with Gasteiger partial charge in [0.25, 0.3) is 0 Å². The van der Waals surface area contributed by atoms with Gasteiger partial charge in [0.15, 0.2) is 0 Å². The van der Waals surface area contributed by atoms with Crippen LogP contribution in [0, 0.1) is 13.8 Å². The standard InChI is InChI=1S/C42H57N3O7/c1-10-11-15-24-45(38(48)34(44-40(50)52-42(7,8)9)26-31-19-22-33(46)23-20-31)36(32-21-18-28(2)29(3)25-32)37(47)43-35(39(49)51-41(4,5)6)27-30-16-13-12-14-17-30/h12-14,16-23,25,34-36,46H,10-11,15,24,26-27H2,1-9H3,(H,43,47)(H,44,50). The van der Waals surface area contributed by atoms with E-state index < -0.39 is 53.2 Å². The predicted molar refractivity (Wildman–Crippen MR) is 203 cm³/mol. The summed E-state index contributed by atoms with van der Waals surface area (Å²) in [5.41, 5.74) is 2.38. The van der Waals surface area contributed by atoms with Crippen molar-refractivity contribution < 1.29 is 33.8 Å². The third-order valence-electron chi connectivity index (χ3n) is 8.35. The Balaban J connectivity index is 2.15. The Morgan fingerprint density at radius 3 is 1.90 bits per heavy atom. The Labute approximate surface area is 309 Å². The number of hydrogen-bond acceptors (Lipinski definition) is 7. The number of rotatable bonds is 15. The van der Waals surface area contributed by atoms with Gasteiger partial charge in [-0.3, -0.25) is 9.59 Å². The van der Waals surface area contributed by atoms with Crippen molar-refractivity contribution in [1.29, 1.82) is 0 Å². The number of unbranched alkanes of at least 4 members (excludes halogenated alkanes) is 2. The molecule has 10 heteroatoms. The number of alkyl carbamates (subject to hydrolysis) is 1. The van der Waals surface area contributed by atoms with E-state index in [1.54, 1.807) is 53.7 Å². The first-order valence-electron chi connectivity index (χ1n) is 18.1. The lowest BCUT2D eigenvalue weighted by Crippen LogP contribution is -2.55. The molecule has 3 atom stereocenters. The molecule has 0 bridgehead atoms. The topological polar surface area (TPSA) is 134 Å². The van der Waals surface area contributed by atoms with E-state index in [9.17, 15) is 24.3 Å². The molecule has 3 amide bonds. The van der Waals surface area contributed by atoms with Gasteiger partial charge in [-0.1, -0.05) is 80.4 Å². The Morgan fingerprint density at radius 1 is 0.731 bits per heavy atom. The van der Waals surface area contributed by atoms with Crippen LogP contribution >= 0.6 is 0 Å². The zero-order valence-electron chi connectivity index (χ0n) is 32.2. The fourth-order valence-corrected chi connectivity index (χ4v) is 5.69. The minimum atomic E-state index is -1.16. The SMILES string of the molecule is CCCCCN(C(=O)C(Cc1ccc(O)cc1)NC(=O)OC(C)(C)C)C(C(=O)NC(Cc1ccccc1)C(=O)OC(C)(C)C)c1ccc(C)c(C)c1. The molecule has 282 valence electrons. The molecule has 3 unspecified atom stereocenters. The maximum Gasteiger partial charge on any atom is 0.408 e. The average molecular weight is 716 g/mol. The van der Waals surface area contributed by atoms with Crippen molar-refractivity contribution in [3.8, 4) is 5.75 Å². The van der Waals surface area contributed by atoms with Gasteiger partial charge in [-0.05, 0) is 102 Å². The van der Waals surface area contributed by atoms with Crippen LogP contribution in [0.5, 0.6) is 5.75 Å². The molecule has 0 spiro atoms. The van der Waals surface area contributed by atoms with Gasteiger partial charge in [-0.2, -0.15) is 0 Å². The number of ether oxygens (including phenoxy) is 2. The summed E-state index contributed by atoms with van der Waals surface area (Å²) in [7, 11) is 0. The monoisotopic (exact) mass is 715 g/mol. The fraction of sp³-hybridized carbons (Fsp3) is 0.476. The number of carbonyl (C=O) groups excluding carboxylic acids is 4. The Bertz CT molecular complexity index is 1640. The van der Waals surface area contributed by atoms with E-state index in [1.807, 2.05) is 69.3 Å². The van der Waals surface area contributed by atoms with Gasteiger partial charge >= 0.3 is 12.1 Å². The van der Waals surface area contributed by atoms with Crippen molar-refractivity contribution in [2.24, 2.45) is 0 Å². The molecule has 0 fully saturated rings. The zero-order valence-corrected chi connectivity index (χ0v) is 32.2. The first-order chi connectivity index (χ1) is 24.4. The number of nitrogens with zero attached hydrogens (tertiary/aromatic N) is 1. The van der Waals surface area contributed by atoms with Crippen molar-refractivity contribution in [2.45, 2.75) is 124 Å². The molecule has 3 aromatic rings. The molecule has 3 aromatic carbocycles. The number of phenolic OH excluding ortho intramolecular Hbond substituents is 1. The van der Waals surface area contributed by atoms with Crippen molar-refractivity contribution in [3.05, 3.63) is 101 Å². The first kappa shape index (κ1) is 41.6. The van der Waals surface area contributed by atoms with Crippen LogP contribution in [0.3, 0.4) is 0 Å². The summed E-state index contributed by atoms with van der Waals surface area (Å²) in [5, 5.41) is 15.6. The van der Waals surface area contributed by atoms with E-state index in [-0.39, 0.29) is 25.1 Å². The molecular weight excluding hydrogens is 658 g/mol. The van der Waals surface area contributed by atoms with Crippen LogP contribution in [0.15, 0.2) is 72.8 Å². The molecule has 10 nitrogen and oxygen atoms in total. The maximum atomic E-state index is 14.9. The Morgan fingerprint density at radius 2 is 1.33 bits per heavy atom. The van der Waals surface area contributed by atoms with Crippen LogP contribution in [-0.4, -0.2) is 63.7 Å². The number of aromatic hydroxyl groups is 1. The number of esters is 1. The van der Waals surface area contributed by atoms with Gasteiger partial charge in [-0.15, -0.1) is 0 Å². The highest BCUT2D eigenvalue weighted by molar-refractivity contribution is 5.94. The van der Waals surface area contributed by atoms with Crippen LogP contribution in [0.1, 0.15) is 102 Å². The van der Waals surface area contributed by atoms with Crippen LogP contribution in [0.25, 0.3) is 0 Å². The smallest absolute Gasteiger partial charge is 0.408 e. The van der Waals surface area contributed by atoms with Crippen molar-refractivity contribution in [1.82, 2.24) is 15.5 Å². The molecule has 0 aromatic heterocycles. The fourth-order valence-electron chi connectivity index (χ4n) is 5.69. The largest absolute Gasteiger partial charge is 0.508 e. The van der Waals surface area contributed by atoms with Gasteiger partial charge in [-0.25, -0.2) is 9.59 Å². The summed E-state index contributed by atoms with van der Waals surface area (Å²) in [6.45, 7) is 16.7. The number of nitrogens with one attached hydrogen (secondary N) is 2. The molecule has 3 rings (SSSR count). The van der Waals surface area contributed by atoms with E-state index >= 15 is 0 Å². The molecule has 0 radical (unpaired) electrons. The summed E-state index contributed by atoms with van der Waals surface area (Å²) >= 11 is 0. The highest BCUT2D eigenvalue weighted by Crippen LogP contribution is 2.27.